The number of rotatable bonds is 3. The van der Waals surface area contributed by atoms with Crippen molar-refractivity contribution >= 4 is 17.6 Å². The molecule has 2 aliphatic rings. The van der Waals surface area contributed by atoms with Gasteiger partial charge >= 0.3 is 0 Å². The van der Waals surface area contributed by atoms with E-state index in [1.807, 2.05) is 6.92 Å². The number of carbonyl (C=O) groups is 3. The van der Waals surface area contributed by atoms with Crippen LogP contribution in [0.25, 0.3) is 0 Å². The zero-order valence-corrected chi connectivity index (χ0v) is 13.9. The molecule has 2 amide bonds. The molecule has 2 fully saturated rings. The second-order valence-corrected chi connectivity index (χ2v) is 6.57. The van der Waals surface area contributed by atoms with E-state index in [9.17, 15) is 18.8 Å². The van der Waals surface area contributed by atoms with Crippen molar-refractivity contribution in [2.24, 2.45) is 11.8 Å². The van der Waals surface area contributed by atoms with E-state index in [-0.39, 0.29) is 23.7 Å². The molecule has 0 saturated carbocycles. The quantitative estimate of drug-likeness (QED) is 0.624. The molecule has 1 aromatic carbocycles. The van der Waals surface area contributed by atoms with Crippen molar-refractivity contribution in [3.05, 3.63) is 35.6 Å². The molecule has 2 saturated heterocycles. The first-order valence-electron chi connectivity index (χ1n) is 8.28. The summed E-state index contributed by atoms with van der Waals surface area (Å²) in [6.07, 6.45) is 1.42. The fourth-order valence-corrected chi connectivity index (χ4v) is 3.97. The average molecular weight is 332 g/mol. The van der Waals surface area contributed by atoms with E-state index in [0.29, 0.717) is 19.5 Å². The first-order chi connectivity index (χ1) is 11.4. The maximum atomic E-state index is 13.0. The fraction of sp³-hybridized carbons (Fsp3) is 0.500. The highest BCUT2D eigenvalue weighted by Crippen LogP contribution is 2.36. The van der Waals surface area contributed by atoms with Gasteiger partial charge in [-0.05, 0) is 30.5 Å². The van der Waals surface area contributed by atoms with Crippen molar-refractivity contribution in [3.63, 3.8) is 0 Å². The second-order valence-electron chi connectivity index (χ2n) is 6.57. The first-order valence-corrected chi connectivity index (χ1v) is 8.28. The predicted octanol–water partition coefficient (Wildman–Crippen LogP) is 1.61. The lowest BCUT2D eigenvalue weighted by Gasteiger charge is -2.46. The van der Waals surface area contributed by atoms with Crippen molar-refractivity contribution in [1.82, 2.24) is 9.80 Å². The molecular formula is C18H21FN2O3. The molecule has 0 bridgehead atoms. The lowest BCUT2D eigenvalue weighted by molar-refractivity contribution is -0.164. The average Bonchev–Trinajstić information content (AvgIpc) is 2.57. The maximum Gasteiger partial charge on any atom is 0.290 e. The van der Waals surface area contributed by atoms with Gasteiger partial charge in [-0.15, -0.1) is 0 Å². The standard InChI is InChI=1S/C18H21FN2O3/c1-3-14-13-8-9-21(10-11-4-6-12(19)7-5-11)17(23)15(13)16(22)18(24)20(14)2/h4-7,13-15H,3,8-10H2,1-2H3. The monoisotopic (exact) mass is 332 g/mol. The number of benzene rings is 1. The van der Waals surface area contributed by atoms with Gasteiger partial charge in [0.05, 0.1) is 0 Å². The van der Waals surface area contributed by atoms with Gasteiger partial charge in [0.1, 0.15) is 11.7 Å². The molecule has 128 valence electrons. The van der Waals surface area contributed by atoms with Crippen LogP contribution in [0, 0.1) is 17.7 Å². The Balaban J connectivity index is 1.81. The zero-order valence-electron chi connectivity index (χ0n) is 13.9. The van der Waals surface area contributed by atoms with E-state index >= 15 is 0 Å². The van der Waals surface area contributed by atoms with Crippen LogP contribution in [0.2, 0.25) is 0 Å². The minimum Gasteiger partial charge on any atom is -0.338 e. The number of Topliss-reactive ketones (excluding diaryl/α,β-unsaturated/α-hetero) is 1. The smallest absolute Gasteiger partial charge is 0.290 e. The van der Waals surface area contributed by atoms with E-state index in [1.165, 1.54) is 17.0 Å². The molecule has 0 aromatic heterocycles. The summed E-state index contributed by atoms with van der Waals surface area (Å²) in [6.45, 7) is 2.84. The van der Waals surface area contributed by atoms with Gasteiger partial charge in [-0.1, -0.05) is 19.1 Å². The van der Waals surface area contributed by atoms with Crippen LogP contribution in [-0.2, 0) is 20.9 Å². The topological polar surface area (TPSA) is 57.7 Å². The van der Waals surface area contributed by atoms with Gasteiger partial charge in [-0.25, -0.2) is 4.39 Å². The number of ketones is 1. The molecule has 3 atom stereocenters. The van der Waals surface area contributed by atoms with Crippen LogP contribution in [0.4, 0.5) is 4.39 Å². The normalized spacial score (nSPS) is 27.5. The minimum atomic E-state index is -0.868. The molecule has 0 aliphatic carbocycles. The molecular weight excluding hydrogens is 311 g/mol. The summed E-state index contributed by atoms with van der Waals surface area (Å²) >= 11 is 0. The van der Waals surface area contributed by atoms with Crippen LogP contribution in [0.1, 0.15) is 25.3 Å². The molecule has 3 unspecified atom stereocenters. The van der Waals surface area contributed by atoms with Gasteiger partial charge in [0.15, 0.2) is 0 Å². The summed E-state index contributed by atoms with van der Waals surface area (Å²) in [5, 5.41) is 0. The predicted molar refractivity (Wildman–Crippen MR) is 85.3 cm³/mol. The summed E-state index contributed by atoms with van der Waals surface area (Å²) in [4.78, 5) is 40.5. The van der Waals surface area contributed by atoms with E-state index in [0.717, 1.165) is 12.0 Å². The maximum absolute atomic E-state index is 13.0. The van der Waals surface area contributed by atoms with Crippen LogP contribution in [0.15, 0.2) is 24.3 Å². The Morgan fingerprint density at radius 3 is 2.46 bits per heavy atom. The number of hydrogen-bond acceptors (Lipinski definition) is 3. The van der Waals surface area contributed by atoms with Crippen LogP contribution in [-0.4, -0.2) is 47.0 Å². The largest absolute Gasteiger partial charge is 0.338 e. The Kier molecular flexibility index (Phi) is 4.39. The van der Waals surface area contributed by atoms with Gasteiger partial charge in [-0.3, -0.25) is 14.4 Å². The van der Waals surface area contributed by atoms with E-state index in [4.69, 9.17) is 0 Å². The lowest BCUT2D eigenvalue weighted by Crippen LogP contribution is -2.62. The third-order valence-corrected chi connectivity index (χ3v) is 5.25. The zero-order chi connectivity index (χ0) is 17.4. The highest BCUT2D eigenvalue weighted by molar-refractivity contribution is 6.41. The van der Waals surface area contributed by atoms with Gasteiger partial charge < -0.3 is 9.80 Å². The van der Waals surface area contributed by atoms with Crippen molar-refractivity contribution in [1.29, 1.82) is 0 Å². The van der Waals surface area contributed by atoms with Crippen molar-refractivity contribution in [2.75, 3.05) is 13.6 Å². The number of likely N-dealkylation sites (N-methyl/N-ethyl adjacent to an activating group) is 1. The molecule has 0 radical (unpaired) electrons. The van der Waals surface area contributed by atoms with Crippen LogP contribution < -0.4 is 0 Å². The van der Waals surface area contributed by atoms with E-state index < -0.39 is 17.6 Å². The summed E-state index contributed by atoms with van der Waals surface area (Å²) in [7, 11) is 1.64. The van der Waals surface area contributed by atoms with Gasteiger partial charge in [0.25, 0.3) is 5.91 Å². The molecule has 2 aliphatic heterocycles. The number of carbonyl (C=O) groups excluding carboxylic acids is 3. The number of nitrogens with zero attached hydrogens (tertiary/aromatic N) is 2. The van der Waals surface area contributed by atoms with E-state index in [2.05, 4.69) is 0 Å². The summed E-state index contributed by atoms with van der Waals surface area (Å²) < 4.78 is 13.0. The number of fused-ring (bicyclic) bond motifs is 1. The number of amides is 2. The summed E-state index contributed by atoms with van der Waals surface area (Å²) in [5.41, 5.74) is 0.807. The van der Waals surface area contributed by atoms with Crippen molar-refractivity contribution in [2.45, 2.75) is 32.4 Å². The molecule has 3 rings (SSSR count). The van der Waals surface area contributed by atoms with E-state index in [1.54, 1.807) is 24.1 Å². The van der Waals surface area contributed by atoms with Crippen LogP contribution >= 0.6 is 0 Å². The Morgan fingerprint density at radius 1 is 1.17 bits per heavy atom. The molecule has 2 heterocycles. The third-order valence-electron chi connectivity index (χ3n) is 5.25. The molecule has 6 heteroatoms. The summed E-state index contributed by atoms with van der Waals surface area (Å²) in [5.74, 6) is -2.75. The highest BCUT2D eigenvalue weighted by Gasteiger charge is 2.52. The third kappa shape index (κ3) is 2.70. The lowest BCUT2D eigenvalue weighted by atomic mass is 9.73. The Bertz CT molecular complexity index is 673. The Morgan fingerprint density at radius 2 is 1.83 bits per heavy atom. The van der Waals surface area contributed by atoms with Crippen LogP contribution in [0.5, 0.6) is 0 Å². The van der Waals surface area contributed by atoms with Crippen molar-refractivity contribution < 1.29 is 18.8 Å². The SMILES string of the molecule is CCC1C2CCN(Cc3ccc(F)cc3)C(=O)C2C(=O)C(=O)N1C. The minimum absolute atomic E-state index is 0.0721. The first kappa shape index (κ1) is 16.6. The van der Waals surface area contributed by atoms with Crippen molar-refractivity contribution in [3.8, 4) is 0 Å². The second kappa shape index (κ2) is 6.34. The molecule has 1 aromatic rings. The number of halogens is 1. The Hall–Kier alpha value is -2.24. The van der Waals surface area contributed by atoms with Gasteiger partial charge in [0.2, 0.25) is 11.7 Å². The van der Waals surface area contributed by atoms with Gasteiger partial charge in [0, 0.05) is 32.1 Å². The number of piperidine rings is 2. The molecule has 0 spiro atoms. The van der Waals surface area contributed by atoms with Gasteiger partial charge in [-0.2, -0.15) is 0 Å². The molecule has 0 N–H and O–H groups in total. The molecule has 24 heavy (non-hydrogen) atoms. The Labute approximate surface area is 140 Å². The summed E-state index contributed by atoms with van der Waals surface area (Å²) in [6, 6.07) is 5.89. The fourth-order valence-electron chi connectivity index (χ4n) is 3.97. The van der Waals surface area contributed by atoms with Crippen LogP contribution in [0.3, 0.4) is 0 Å². The molecule has 5 nitrogen and oxygen atoms in total. The number of hydrogen-bond donors (Lipinski definition) is 0. The number of likely N-dealkylation sites (tertiary alicyclic amines) is 2. The highest BCUT2D eigenvalue weighted by atomic mass is 19.1.